The fourth-order valence-electron chi connectivity index (χ4n) is 1.77. The van der Waals surface area contributed by atoms with Crippen LogP contribution in [0.2, 0.25) is 0 Å². The van der Waals surface area contributed by atoms with E-state index < -0.39 is 0 Å². The van der Waals surface area contributed by atoms with E-state index in [-0.39, 0.29) is 18.2 Å². The lowest BCUT2D eigenvalue weighted by Crippen LogP contribution is -2.49. The quantitative estimate of drug-likeness (QED) is 0.653. The Hall–Kier alpha value is -0.160. The zero-order valence-corrected chi connectivity index (χ0v) is 9.79. The summed E-state index contributed by atoms with van der Waals surface area (Å²) < 4.78 is 11.0. The maximum Gasteiger partial charge on any atom is 0.0809 e. The highest BCUT2D eigenvalue weighted by molar-refractivity contribution is 4.81. The second-order valence-corrected chi connectivity index (χ2v) is 4.40. The minimum Gasteiger partial charge on any atom is -0.394 e. The van der Waals surface area contributed by atoms with Crippen LogP contribution in [0, 0.1) is 0 Å². The molecule has 2 atom stereocenters. The van der Waals surface area contributed by atoms with Crippen molar-refractivity contribution in [3.8, 4) is 0 Å². The Balaban J connectivity index is 2.15. The van der Waals surface area contributed by atoms with Gasteiger partial charge in [-0.15, -0.1) is 0 Å². The highest BCUT2D eigenvalue weighted by atomic mass is 16.5. The van der Waals surface area contributed by atoms with Crippen LogP contribution in [-0.2, 0) is 9.47 Å². The summed E-state index contributed by atoms with van der Waals surface area (Å²) in [5, 5.41) is 12.5. The number of hydrogen-bond acceptors (Lipinski definition) is 4. The van der Waals surface area contributed by atoms with E-state index in [4.69, 9.17) is 9.47 Å². The first-order valence-electron chi connectivity index (χ1n) is 5.75. The van der Waals surface area contributed by atoms with Gasteiger partial charge in [-0.2, -0.15) is 0 Å². The van der Waals surface area contributed by atoms with Crippen molar-refractivity contribution >= 4 is 0 Å². The van der Waals surface area contributed by atoms with Crippen LogP contribution in [0.3, 0.4) is 0 Å². The summed E-state index contributed by atoms with van der Waals surface area (Å²) in [7, 11) is 0. The molecule has 1 heterocycles. The van der Waals surface area contributed by atoms with Gasteiger partial charge in [0.2, 0.25) is 0 Å². The second kappa shape index (κ2) is 6.43. The molecular formula is C11H23NO3. The SMILES string of the molecule is CCNC(C)(CO)COCC1CCCO1. The van der Waals surface area contributed by atoms with E-state index in [9.17, 15) is 5.11 Å². The van der Waals surface area contributed by atoms with Crippen molar-refractivity contribution in [1.29, 1.82) is 0 Å². The molecule has 1 rings (SSSR count). The Bertz CT molecular complexity index is 171. The molecule has 0 aliphatic carbocycles. The van der Waals surface area contributed by atoms with E-state index in [2.05, 4.69) is 5.32 Å². The molecule has 15 heavy (non-hydrogen) atoms. The average molecular weight is 217 g/mol. The number of hydrogen-bond donors (Lipinski definition) is 2. The molecule has 90 valence electrons. The van der Waals surface area contributed by atoms with Crippen LogP contribution in [0.1, 0.15) is 26.7 Å². The summed E-state index contributed by atoms with van der Waals surface area (Å²) in [5.74, 6) is 0. The summed E-state index contributed by atoms with van der Waals surface area (Å²) >= 11 is 0. The van der Waals surface area contributed by atoms with E-state index in [1.807, 2.05) is 13.8 Å². The Morgan fingerprint density at radius 2 is 2.40 bits per heavy atom. The van der Waals surface area contributed by atoms with Gasteiger partial charge in [0.1, 0.15) is 0 Å². The van der Waals surface area contributed by atoms with Gasteiger partial charge in [-0.1, -0.05) is 6.92 Å². The lowest BCUT2D eigenvalue weighted by atomic mass is 10.1. The van der Waals surface area contributed by atoms with Crippen molar-refractivity contribution in [2.75, 3.05) is 33.0 Å². The number of likely N-dealkylation sites (N-methyl/N-ethyl adjacent to an activating group) is 1. The molecule has 0 spiro atoms. The summed E-state index contributed by atoms with van der Waals surface area (Å²) in [6, 6.07) is 0. The Labute approximate surface area is 92.0 Å². The fourth-order valence-corrected chi connectivity index (χ4v) is 1.77. The van der Waals surface area contributed by atoms with Gasteiger partial charge in [0, 0.05) is 6.61 Å². The lowest BCUT2D eigenvalue weighted by Gasteiger charge is -2.28. The highest BCUT2D eigenvalue weighted by Crippen LogP contribution is 2.13. The first-order chi connectivity index (χ1) is 7.20. The Morgan fingerprint density at radius 3 is 2.93 bits per heavy atom. The summed E-state index contributed by atoms with van der Waals surface area (Å²) in [4.78, 5) is 0. The molecule has 0 aromatic rings. The summed E-state index contributed by atoms with van der Waals surface area (Å²) in [5.41, 5.74) is -0.326. The molecule has 1 aliphatic rings. The van der Waals surface area contributed by atoms with E-state index in [1.54, 1.807) is 0 Å². The van der Waals surface area contributed by atoms with Gasteiger partial charge < -0.3 is 19.9 Å². The number of aliphatic hydroxyl groups excluding tert-OH is 1. The monoisotopic (exact) mass is 217 g/mol. The fraction of sp³-hybridized carbons (Fsp3) is 1.00. The van der Waals surface area contributed by atoms with Crippen LogP contribution >= 0.6 is 0 Å². The Kier molecular flexibility index (Phi) is 5.53. The molecule has 2 N–H and O–H groups in total. The maximum atomic E-state index is 9.23. The van der Waals surface area contributed by atoms with Crippen LogP contribution in [0.15, 0.2) is 0 Å². The van der Waals surface area contributed by atoms with Crippen LogP contribution in [0.5, 0.6) is 0 Å². The summed E-state index contributed by atoms with van der Waals surface area (Å²) in [6.45, 7) is 6.93. The molecular weight excluding hydrogens is 194 g/mol. The second-order valence-electron chi connectivity index (χ2n) is 4.40. The lowest BCUT2D eigenvalue weighted by molar-refractivity contribution is -0.0130. The van der Waals surface area contributed by atoms with Crippen LogP contribution < -0.4 is 5.32 Å². The van der Waals surface area contributed by atoms with Crippen LogP contribution in [-0.4, -0.2) is 49.7 Å². The van der Waals surface area contributed by atoms with Crippen molar-refractivity contribution in [3.63, 3.8) is 0 Å². The van der Waals surface area contributed by atoms with Crippen molar-refractivity contribution in [3.05, 3.63) is 0 Å². The third-order valence-electron chi connectivity index (χ3n) is 2.70. The van der Waals surface area contributed by atoms with Gasteiger partial charge in [-0.25, -0.2) is 0 Å². The van der Waals surface area contributed by atoms with E-state index in [0.29, 0.717) is 13.2 Å². The first kappa shape index (κ1) is 12.9. The Morgan fingerprint density at radius 1 is 1.60 bits per heavy atom. The molecule has 4 heteroatoms. The van der Waals surface area contributed by atoms with Crippen LogP contribution in [0.4, 0.5) is 0 Å². The number of nitrogens with one attached hydrogen (secondary N) is 1. The van der Waals surface area contributed by atoms with E-state index in [0.717, 1.165) is 26.0 Å². The van der Waals surface area contributed by atoms with Crippen molar-refractivity contribution in [1.82, 2.24) is 5.32 Å². The van der Waals surface area contributed by atoms with Crippen LogP contribution in [0.25, 0.3) is 0 Å². The number of ether oxygens (including phenoxy) is 2. The smallest absolute Gasteiger partial charge is 0.0809 e. The molecule has 0 bridgehead atoms. The summed E-state index contributed by atoms with van der Waals surface area (Å²) in [6.07, 6.45) is 2.49. The standard InChI is InChI=1S/C11H23NO3/c1-3-12-11(2,8-13)9-14-7-10-5-4-6-15-10/h10,12-13H,3-9H2,1-2H3. The van der Waals surface area contributed by atoms with Gasteiger partial charge >= 0.3 is 0 Å². The van der Waals surface area contributed by atoms with E-state index in [1.165, 1.54) is 0 Å². The molecule has 1 aliphatic heterocycles. The molecule has 2 unspecified atom stereocenters. The van der Waals surface area contributed by atoms with Gasteiger partial charge in [-0.3, -0.25) is 0 Å². The molecule has 1 fully saturated rings. The van der Waals surface area contributed by atoms with Gasteiger partial charge in [-0.05, 0) is 26.3 Å². The molecule has 1 saturated heterocycles. The van der Waals surface area contributed by atoms with Crippen molar-refractivity contribution in [2.24, 2.45) is 0 Å². The zero-order chi connectivity index (χ0) is 11.1. The third-order valence-corrected chi connectivity index (χ3v) is 2.70. The molecule has 0 saturated carbocycles. The molecule has 0 aromatic carbocycles. The molecule has 0 radical (unpaired) electrons. The van der Waals surface area contributed by atoms with Crippen molar-refractivity contribution < 1.29 is 14.6 Å². The average Bonchev–Trinajstić information content (AvgIpc) is 2.71. The topological polar surface area (TPSA) is 50.7 Å². The first-order valence-corrected chi connectivity index (χ1v) is 5.75. The maximum absolute atomic E-state index is 9.23. The number of rotatable bonds is 7. The van der Waals surface area contributed by atoms with Crippen molar-refractivity contribution in [2.45, 2.75) is 38.3 Å². The molecule has 4 nitrogen and oxygen atoms in total. The predicted molar refractivity (Wildman–Crippen MR) is 59.0 cm³/mol. The molecule has 0 amide bonds. The third kappa shape index (κ3) is 4.47. The number of aliphatic hydroxyl groups is 1. The zero-order valence-electron chi connectivity index (χ0n) is 9.79. The minimum absolute atomic E-state index is 0.0896. The van der Waals surface area contributed by atoms with E-state index >= 15 is 0 Å². The normalized spacial score (nSPS) is 25.4. The minimum atomic E-state index is -0.326. The van der Waals surface area contributed by atoms with Gasteiger partial charge in [0.25, 0.3) is 0 Å². The predicted octanol–water partition coefficient (Wildman–Crippen LogP) is 0.542. The largest absolute Gasteiger partial charge is 0.394 e. The van der Waals surface area contributed by atoms with Gasteiger partial charge in [0.05, 0.1) is 31.5 Å². The molecule has 0 aromatic heterocycles. The highest BCUT2D eigenvalue weighted by Gasteiger charge is 2.23. The van der Waals surface area contributed by atoms with Gasteiger partial charge in [0.15, 0.2) is 0 Å².